The van der Waals surface area contributed by atoms with Gasteiger partial charge in [0, 0.05) is 11.3 Å². The van der Waals surface area contributed by atoms with Crippen molar-refractivity contribution < 1.29 is 4.42 Å². The summed E-state index contributed by atoms with van der Waals surface area (Å²) < 4.78 is 7.84. The average molecular weight is 369 g/mol. The molecule has 0 saturated heterocycles. The van der Waals surface area contributed by atoms with E-state index in [2.05, 4.69) is 16.1 Å². The molecule has 3 aromatic rings. The Morgan fingerprint density at radius 3 is 2.58 bits per heavy atom. The monoisotopic (exact) mass is 368 g/mol. The molecule has 1 aromatic carbocycles. The van der Waals surface area contributed by atoms with Gasteiger partial charge < -0.3 is 9.32 Å². The number of halogens is 1. The number of aryl methyl sites for hydroxylation is 1. The highest BCUT2D eigenvalue weighted by molar-refractivity contribution is 6.32. The first-order chi connectivity index (χ1) is 12.4. The maximum absolute atomic E-state index is 9.05. The van der Waals surface area contributed by atoms with E-state index < -0.39 is 0 Å². The summed E-state index contributed by atoms with van der Waals surface area (Å²) in [5.74, 6) is 1.81. The van der Waals surface area contributed by atoms with Gasteiger partial charge in [-0.25, -0.2) is 0 Å². The summed E-state index contributed by atoms with van der Waals surface area (Å²) in [5, 5.41) is 14.2. The van der Waals surface area contributed by atoms with Crippen molar-refractivity contribution in [1.82, 2.24) is 14.7 Å². The molecule has 2 aromatic heterocycles. The van der Waals surface area contributed by atoms with E-state index in [0.29, 0.717) is 17.1 Å². The minimum atomic E-state index is 0.455. The number of nitriles is 1. The topological polar surface area (TPSA) is 58.0 Å². The third kappa shape index (κ3) is 3.67. The molecule has 5 nitrogen and oxygen atoms in total. The third-order valence-corrected chi connectivity index (χ3v) is 4.57. The van der Waals surface area contributed by atoms with Crippen molar-refractivity contribution in [2.45, 2.75) is 26.9 Å². The van der Waals surface area contributed by atoms with Gasteiger partial charge in [-0.15, -0.1) is 0 Å². The van der Waals surface area contributed by atoms with Gasteiger partial charge in [0.2, 0.25) is 0 Å². The Hall–Kier alpha value is -2.55. The van der Waals surface area contributed by atoms with Crippen LogP contribution in [0.4, 0.5) is 0 Å². The van der Waals surface area contributed by atoms with E-state index >= 15 is 0 Å². The molecule has 0 radical (unpaired) electrons. The van der Waals surface area contributed by atoms with Gasteiger partial charge in [0.05, 0.1) is 29.4 Å². The van der Waals surface area contributed by atoms with Crippen molar-refractivity contribution in [2.75, 3.05) is 14.1 Å². The van der Waals surface area contributed by atoms with E-state index in [1.54, 1.807) is 6.07 Å². The second-order valence-corrected chi connectivity index (χ2v) is 7.02. The molecule has 0 saturated carbocycles. The predicted molar refractivity (Wildman–Crippen MR) is 102 cm³/mol. The van der Waals surface area contributed by atoms with Gasteiger partial charge in [-0.3, -0.25) is 4.68 Å². The normalized spacial score (nSPS) is 11.1. The molecule has 0 aliphatic carbocycles. The molecule has 6 heteroatoms. The molecule has 0 bridgehead atoms. The molecule has 0 N–H and O–H groups in total. The van der Waals surface area contributed by atoms with Crippen molar-refractivity contribution in [3.05, 3.63) is 63.8 Å². The van der Waals surface area contributed by atoms with Crippen molar-refractivity contribution in [3.63, 3.8) is 0 Å². The molecule has 0 aliphatic heterocycles. The number of hydrogen-bond donors (Lipinski definition) is 0. The first-order valence-corrected chi connectivity index (χ1v) is 8.73. The van der Waals surface area contributed by atoms with Gasteiger partial charge in [0.25, 0.3) is 0 Å². The highest BCUT2D eigenvalue weighted by atomic mass is 35.5. The highest BCUT2D eigenvalue weighted by Gasteiger charge is 2.16. The summed E-state index contributed by atoms with van der Waals surface area (Å²) in [6, 6.07) is 11.6. The van der Waals surface area contributed by atoms with E-state index in [1.165, 1.54) is 0 Å². The minimum absolute atomic E-state index is 0.455. The van der Waals surface area contributed by atoms with Gasteiger partial charge in [-0.05, 0) is 57.8 Å². The van der Waals surface area contributed by atoms with Crippen LogP contribution in [0.5, 0.6) is 0 Å². The van der Waals surface area contributed by atoms with E-state index in [0.717, 1.165) is 40.6 Å². The fraction of sp³-hybridized carbons (Fsp3) is 0.300. The smallest absolute Gasteiger partial charge is 0.125 e. The fourth-order valence-corrected chi connectivity index (χ4v) is 3.30. The average Bonchev–Trinajstić information content (AvgIpc) is 3.11. The zero-order chi connectivity index (χ0) is 18.8. The summed E-state index contributed by atoms with van der Waals surface area (Å²) in [7, 11) is 4.02. The molecule has 0 aliphatic rings. The van der Waals surface area contributed by atoms with Crippen molar-refractivity contribution >= 4 is 11.6 Å². The molecule has 26 heavy (non-hydrogen) atoms. The van der Waals surface area contributed by atoms with Crippen LogP contribution in [0, 0.1) is 25.2 Å². The highest BCUT2D eigenvalue weighted by Crippen LogP contribution is 2.30. The molecular weight excluding hydrogens is 348 g/mol. The standard InChI is InChI=1S/C20H21ClN4O/c1-13-20(15-5-6-16(10-22)19(21)9-15)14(2)25(23-13)12-18-8-7-17(26-18)11-24(3)4/h5-9H,11-12H2,1-4H3. The van der Waals surface area contributed by atoms with Crippen LogP contribution in [0.15, 0.2) is 34.7 Å². The van der Waals surface area contributed by atoms with Crippen LogP contribution < -0.4 is 0 Å². The lowest BCUT2D eigenvalue weighted by atomic mass is 10.0. The summed E-state index contributed by atoms with van der Waals surface area (Å²) in [6.07, 6.45) is 0. The third-order valence-electron chi connectivity index (χ3n) is 4.25. The van der Waals surface area contributed by atoms with Gasteiger partial charge >= 0.3 is 0 Å². The number of furan rings is 1. The SMILES string of the molecule is Cc1nn(Cc2ccc(CN(C)C)o2)c(C)c1-c1ccc(C#N)c(Cl)c1. The molecule has 0 unspecified atom stereocenters. The van der Waals surface area contributed by atoms with Crippen molar-refractivity contribution in [3.8, 4) is 17.2 Å². The Bertz CT molecular complexity index is 978. The summed E-state index contributed by atoms with van der Waals surface area (Å²) in [6.45, 7) is 5.35. The van der Waals surface area contributed by atoms with Crippen LogP contribution in [-0.2, 0) is 13.1 Å². The Labute approximate surface area is 158 Å². The zero-order valence-electron chi connectivity index (χ0n) is 15.4. The van der Waals surface area contributed by atoms with E-state index in [1.807, 2.05) is 56.9 Å². The summed E-state index contributed by atoms with van der Waals surface area (Å²) >= 11 is 6.20. The van der Waals surface area contributed by atoms with Crippen LogP contribution >= 0.6 is 11.6 Å². The molecule has 3 rings (SSSR count). The Kier molecular flexibility index (Phi) is 5.17. The molecule has 2 heterocycles. The van der Waals surface area contributed by atoms with Crippen LogP contribution in [0.2, 0.25) is 5.02 Å². The van der Waals surface area contributed by atoms with Crippen molar-refractivity contribution in [2.24, 2.45) is 0 Å². The number of aromatic nitrogens is 2. The van der Waals surface area contributed by atoms with Crippen LogP contribution in [0.1, 0.15) is 28.5 Å². The first kappa shape index (κ1) is 18.2. The molecule has 0 atom stereocenters. The van der Waals surface area contributed by atoms with Gasteiger partial charge in [-0.2, -0.15) is 10.4 Å². The second-order valence-electron chi connectivity index (χ2n) is 6.62. The summed E-state index contributed by atoms with van der Waals surface area (Å²) in [4.78, 5) is 2.07. The Balaban J connectivity index is 1.90. The van der Waals surface area contributed by atoms with Gasteiger partial charge in [0.15, 0.2) is 0 Å². The van der Waals surface area contributed by atoms with E-state index in [9.17, 15) is 0 Å². The molecule has 0 spiro atoms. The number of hydrogen-bond acceptors (Lipinski definition) is 4. The number of nitrogens with zero attached hydrogens (tertiary/aromatic N) is 4. The predicted octanol–water partition coefficient (Wildman–Crippen LogP) is 4.39. The molecular formula is C20H21ClN4O. The number of rotatable bonds is 5. The van der Waals surface area contributed by atoms with E-state index in [4.69, 9.17) is 21.3 Å². The largest absolute Gasteiger partial charge is 0.463 e. The van der Waals surface area contributed by atoms with E-state index in [-0.39, 0.29) is 0 Å². The summed E-state index contributed by atoms with van der Waals surface area (Å²) in [5.41, 5.74) is 4.43. The second kappa shape index (κ2) is 7.36. The van der Waals surface area contributed by atoms with Crippen LogP contribution in [0.25, 0.3) is 11.1 Å². The van der Waals surface area contributed by atoms with Crippen LogP contribution in [-0.4, -0.2) is 28.8 Å². The van der Waals surface area contributed by atoms with Crippen molar-refractivity contribution in [1.29, 1.82) is 5.26 Å². The number of benzene rings is 1. The fourth-order valence-electron chi connectivity index (χ4n) is 3.08. The molecule has 0 fully saturated rings. The van der Waals surface area contributed by atoms with Gasteiger partial charge in [-0.1, -0.05) is 17.7 Å². The Morgan fingerprint density at radius 2 is 1.92 bits per heavy atom. The van der Waals surface area contributed by atoms with Gasteiger partial charge in [0.1, 0.15) is 17.6 Å². The lowest BCUT2D eigenvalue weighted by Crippen LogP contribution is -2.09. The van der Waals surface area contributed by atoms with Crippen LogP contribution in [0.3, 0.4) is 0 Å². The molecule has 134 valence electrons. The lowest BCUT2D eigenvalue weighted by Gasteiger charge is -2.07. The minimum Gasteiger partial charge on any atom is -0.463 e. The first-order valence-electron chi connectivity index (χ1n) is 8.35. The molecule has 0 amide bonds. The maximum Gasteiger partial charge on any atom is 0.125 e. The lowest BCUT2D eigenvalue weighted by molar-refractivity contribution is 0.338. The zero-order valence-corrected chi connectivity index (χ0v) is 16.1. The Morgan fingerprint density at radius 1 is 1.19 bits per heavy atom. The quantitative estimate of drug-likeness (QED) is 0.670. The maximum atomic E-state index is 9.05.